The fourth-order valence-corrected chi connectivity index (χ4v) is 1.74. The van der Waals surface area contributed by atoms with Crippen LogP contribution in [0.4, 0.5) is 10.5 Å². The Kier molecular flexibility index (Phi) is 5.17. The van der Waals surface area contributed by atoms with Gasteiger partial charge in [0.25, 0.3) is 5.56 Å². The molecule has 0 aliphatic carbocycles. The lowest BCUT2D eigenvalue weighted by Gasteiger charge is -2.08. The maximum atomic E-state index is 11.6. The standard InChI is InChI=1S/C10H14BrN3O3/c1-14-6-7(11)5-8(9(14)16)13-10(17)12-3-2-4-15/h5-6,15H,2-4H2,1H3,(H2,12,13,17). The maximum absolute atomic E-state index is 11.6. The molecule has 17 heavy (non-hydrogen) atoms. The summed E-state index contributed by atoms with van der Waals surface area (Å²) in [4.78, 5) is 23.0. The van der Waals surface area contributed by atoms with E-state index in [-0.39, 0.29) is 17.9 Å². The largest absolute Gasteiger partial charge is 0.396 e. The van der Waals surface area contributed by atoms with Crippen LogP contribution >= 0.6 is 15.9 Å². The molecule has 94 valence electrons. The molecule has 1 rings (SSSR count). The van der Waals surface area contributed by atoms with Crippen molar-refractivity contribution in [3.63, 3.8) is 0 Å². The van der Waals surface area contributed by atoms with E-state index in [1.807, 2.05) is 0 Å². The lowest BCUT2D eigenvalue weighted by atomic mass is 10.4. The number of urea groups is 1. The minimum Gasteiger partial charge on any atom is -0.396 e. The number of hydrogen-bond donors (Lipinski definition) is 3. The fourth-order valence-electron chi connectivity index (χ4n) is 1.21. The molecule has 0 bridgehead atoms. The molecule has 1 heterocycles. The van der Waals surface area contributed by atoms with Gasteiger partial charge in [0.1, 0.15) is 5.69 Å². The quantitative estimate of drug-likeness (QED) is 0.714. The molecule has 3 N–H and O–H groups in total. The zero-order valence-electron chi connectivity index (χ0n) is 9.36. The van der Waals surface area contributed by atoms with Gasteiger partial charge in [-0.3, -0.25) is 4.79 Å². The molecule has 0 saturated carbocycles. The van der Waals surface area contributed by atoms with Crippen LogP contribution in [0.1, 0.15) is 6.42 Å². The van der Waals surface area contributed by atoms with Crippen molar-refractivity contribution in [2.75, 3.05) is 18.5 Å². The molecule has 1 aromatic rings. The first-order chi connectivity index (χ1) is 8.04. The van der Waals surface area contributed by atoms with Gasteiger partial charge in [-0.25, -0.2) is 4.79 Å². The van der Waals surface area contributed by atoms with E-state index in [9.17, 15) is 9.59 Å². The second-order valence-corrected chi connectivity index (χ2v) is 4.36. The minimum atomic E-state index is -0.464. The van der Waals surface area contributed by atoms with Crippen molar-refractivity contribution in [1.82, 2.24) is 9.88 Å². The summed E-state index contributed by atoms with van der Waals surface area (Å²) in [5.41, 5.74) is -0.0890. The summed E-state index contributed by atoms with van der Waals surface area (Å²) < 4.78 is 2.07. The number of hydrogen-bond acceptors (Lipinski definition) is 3. The molecule has 2 amide bonds. The van der Waals surface area contributed by atoms with Crippen LogP contribution in [0.25, 0.3) is 0 Å². The van der Waals surface area contributed by atoms with Crippen LogP contribution in [0.3, 0.4) is 0 Å². The molecule has 7 heteroatoms. The summed E-state index contributed by atoms with van der Waals surface area (Å²) in [6, 6.07) is 1.07. The Labute approximate surface area is 107 Å². The number of carbonyl (C=O) groups is 1. The third kappa shape index (κ3) is 4.20. The molecule has 0 spiro atoms. The van der Waals surface area contributed by atoms with E-state index >= 15 is 0 Å². The number of amides is 2. The predicted molar refractivity (Wildman–Crippen MR) is 68.1 cm³/mol. The van der Waals surface area contributed by atoms with Crippen molar-refractivity contribution in [3.05, 3.63) is 27.1 Å². The zero-order chi connectivity index (χ0) is 12.8. The monoisotopic (exact) mass is 303 g/mol. The van der Waals surface area contributed by atoms with Crippen LogP contribution in [0.15, 0.2) is 21.5 Å². The Bertz CT molecular complexity index is 459. The third-order valence-electron chi connectivity index (χ3n) is 2.02. The molecule has 1 aromatic heterocycles. The average molecular weight is 304 g/mol. The number of halogens is 1. The first kappa shape index (κ1) is 13.7. The van der Waals surface area contributed by atoms with Crippen LogP contribution < -0.4 is 16.2 Å². The van der Waals surface area contributed by atoms with Crippen molar-refractivity contribution in [3.8, 4) is 0 Å². The second-order valence-electron chi connectivity index (χ2n) is 3.45. The molecule has 0 fully saturated rings. The Morgan fingerprint density at radius 1 is 1.59 bits per heavy atom. The summed E-state index contributed by atoms with van der Waals surface area (Å²) in [6.07, 6.45) is 2.08. The van der Waals surface area contributed by atoms with Crippen LogP contribution in [0, 0.1) is 0 Å². The highest BCUT2D eigenvalue weighted by atomic mass is 79.9. The third-order valence-corrected chi connectivity index (χ3v) is 2.45. The number of nitrogens with zero attached hydrogens (tertiary/aromatic N) is 1. The minimum absolute atomic E-state index is 0.0128. The Morgan fingerprint density at radius 3 is 2.94 bits per heavy atom. The van der Waals surface area contributed by atoms with E-state index in [1.165, 1.54) is 10.6 Å². The van der Waals surface area contributed by atoms with Crippen molar-refractivity contribution in [2.45, 2.75) is 6.42 Å². The summed E-state index contributed by atoms with van der Waals surface area (Å²) >= 11 is 3.24. The molecule has 0 aliphatic heterocycles. The number of rotatable bonds is 4. The predicted octanol–water partition coefficient (Wildman–Crippen LogP) is 0.652. The molecule has 0 aliphatic rings. The normalized spacial score (nSPS) is 10.1. The molecular formula is C10H14BrN3O3. The molecule has 0 aromatic carbocycles. The number of aliphatic hydroxyl groups excluding tert-OH is 1. The number of carbonyl (C=O) groups excluding carboxylic acids is 1. The number of nitrogens with one attached hydrogen (secondary N) is 2. The molecular weight excluding hydrogens is 290 g/mol. The maximum Gasteiger partial charge on any atom is 0.319 e. The lowest BCUT2D eigenvalue weighted by molar-refractivity contribution is 0.249. The number of aromatic nitrogens is 1. The van der Waals surface area contributed by atoms with E-state index in [1.54, 1.807) is 13.2 Å². The first-order valence-electron chi connectivity index (χ1n) is 5.06. The van der Waals surface area contributed by atoms with Gasteiger partial charge < -0.3 is 20.3 Å². The van der Waals surface area contributed by atoms with Gasteiger partial charge >= 0.3 is 6.03 Å². The highest BCUT2D eigenvalue weighted by Crippen LogP contribution is 2.11. The van der Waals surface area contributed by atoms with E-state index in [4.69, 9.17) is 5.11 Å². The molecule has 6 nitrogen and oxygen atoms in total. The average Bonchev–Trinajstić information content (AvgIpc) is 2.25. The first-order valence-corrected chi connectivity index (χ1v) is 5.86. The Balaban J connectivity index is 2.68. The van der Waals surface area contributed by atoms with Crippen molar-refractivity contribution >= 4 is 27.6 Å². The van der Waals surface area contributed by atoms with Crippen molar-refractivity contribution in [2.24, 2.45) is 7.05 Å². The molecule has 0 saturated heterocycles. The van der Waals surface area contributed by atoms with Crippen LogP contribution in [-0.4, -0.2) is 28.9 Å². The Morgan fingerprint density at radius 2 is 2.29 bits per heavy atom. The van der Waals surface area contributed by atoms with Gasteiger partial charge in [0.2, 0.25) is 0 Å². The van der Waals surface area contributed by atoms with Crippen LogP contribution in [0.2, 0.25) is 0 Å². The van der Waals surface area contributed by atoms with Gasteiger partial charge in [0, 0.05) is 30.9 Å². The zero-order valence-corrected chi connectivity index (χ0v) is 11.0. The fraction of sp³-hybridized carbons (Fsp3) is 0.400. The van der Waals surface area contributed by atoms with Gasteiger partial charge in [-0.15, -0.1) is 0 Å². The van der Waals surface area contributed by atoms with Crippen LogP contribution in [-0.2, 0) is 7.05 Å². The number of anilines is 1. The summed E-state index contributed by atoms with van der Waals surface area (Å²) in [5.74, 6) is 0. The second kappa shape index (κ2) is 6.41. The molecule has 0 atom stereocenters. The molecule has 0 unspecified atom stereocenters. The summed E-state index contributed by atoms with van der Waals surface area (Å²) in [7, 11) is 1.60. The van der Waals surface area contributed by atoms with E-state index < -0.39 is 6.03 Å². The lowest BCUT2D eigenvalue weighted by Crippen LogP contribution is -2.33. The van der Waals surface area contributed by atoms with Crippen molar-refractivity contribution in [1.29, 1.82) is 0 Å². The highest BCUT2D eigenvalue weighted by molar-refractivity contribution is 9.10. The highest BCUT2D eigenvalue weighted by Gasteiger charge is 2.07. The summed E-state index contributed by atoms with van der Waals surface area (Å²) in [6.45, 7) is 0.371. The molecule has 0 radical (unpaired) electrons. The van der Waals surface area contributed by atoms with Crippen LogP contribution in [0.5, 0.6) is 0 Å². The SMILES string of the molecule is Cn1cc(Br)cc(NC(=O)NCCCO)c1=O. The van der Waals surface area contributed by atoms with E-state index in [0.717, 1.165) is 0 Å². The van der Waals surface area contributed by atoms with Gasteiger partial charge in [-0.2, -0.15) is 0 Å². The smallest absolute Gasteiger partial charge is 0.319 e. The van der Waals surface area contributed by atoms with Crippen molar-refractivity contribution < 1.29 is 9.90 Å². The van der Waals surface area contributed by atoms with E-state index in [2.05, 4.69) is 26.6 Å². The van der Waals surface area contributed by atoms with E-state index in [0.29, 0.717) is 17.4 Å². The van der Waals surface area contributed by atoms with Gasteiger partial charge in [-0.1, -0.05) is 0 Å². The topological polar surface area (TPSA) is 83.4 Å². The number of aliphatic hydroxyl groups is 1. The number of aryl methyl sites for hydroxylation is 1. The van der Waals surface area contributed by atoms with Gasteiger partial charge in [0.05, 0.1) is 0 Å². The van der Waals surface area contributed by atoms with Gasteiger partial charge in [-0.05, 0) is 28.4 Å². The summed E-state index contributed by atoms with van der Waals surface area (Å²) in [5, 5.41) is 13.5. The number of pyridine rings is 1. The van der Waals surface area contributed by atoms with Gasteiger partial charge in [0.15, 0.2) is 0 Å². The Hall–Kier alpha value is -1.34.